The van der Waals surface area contributed by atoms with Crippen LogP contribution in [0.5, 0.6) is 0 Å². The lowest BCUT2D eigenvalue weighted by atomic mass is 9.89. The predicted octanol–water partition coefficient (Wildman–Crippen LogP) is 1.81. The lowest BCUT2D eigenvalue weighted by Gasteiger charge is -2.20. The normalized spacial score (nSPS) is 18.4. The average molecular weight is 192 g/mol. The van der Waals surface area contributed by atoms with Gasteiger partial charge in [0.15, 0.2) is 0 Å². The second-order valence-electron chi connectivity index (χ2n) is 3.93. The van der Waals surface area contributed by atoms with Gasteiger partial charge in [0.25, 0.3) is 0 Å². The van der Waals surface area contributed by atoms with Crippen LogP contribution in [0.2, 0.25) is 0 Å². The molecular formula is C10H16N4. The minimum absolute atomic E-state index is 0.359. The van der Waals surface area contributed by atoms with Gasteiger partial charge in [-0.25, -0.2) is 4.98 Å². The molecule has 2 N–H and O–H groups in total. The zero-order valence-electron chi connectivity index (χ0n) is 8.53. The van der Waals surface area contributed by atoms with Gasteiger partial charge in [-0.2, -0.15) is 9.97 Å². The molecule has 1 aromatic rings. The first kappa shape index (κ1) is 9.37. The monoisotopic (exact) mass is 192 g/mol. The van der Waals surface area contributed by atoms with Crippen LogP contribution in [0.1, 0.15) is 49.7 Å². The van der Waals surface area contributed by atoms with Gasteiger partial charge in [-0.3, -0.25) is 0 Å². The lowest BCUT2D eigenvalue weighted by molar-refractivity contribution is 0.427. The molecule has 4 heteroatoms. The summed E-state index contributed by atoms with van der Waals surface area (Å²) >= 11 is 0. The number of hydrogen-bond donors (Lipinski definition) is 1. The summed E-state index contributed by atoms with van der Waals surface area (Å²) in [5.74, 6) is 2.50. The molecule has 0 saturated heterocycles. The Bertz CT molecular complexity index is 298. The van der Waals surface area contributed by atoms with Gasteiger partial charge < -0.3 is 5.73 Å². The van der Waals surface area contributed by atoms with E-state index in [1.165, 1.54) is 32.1 Å². The number of nitrogens with zero attached hydrogens (tertiary/aromatic N) is 3. The first-order chi connectivity index (χ1) is 6.75. The zero-order chi connectivity index (χ0) is 9.97. The second kappa shape index (κ2) is 3.90. The van der Waals surface area contributed by atoms with E-state index in [4.69, 9.17) is 5.73 Å². The highest BCUT2D eigenvalue weighted by atomic mass is 15.1. The van der Waals surface area contributed by atoms with Crippen molar-refractivity contribution in [2.24, 2.45) is 0 Å². The molecule has 14 heavy (non-hydrogen) atoms. The average Bonchev–Trinajstić information content (AvgIpc) is 2.18. The van der Waals surface area contributed by atoms with Crippen LogP contribution in [-0.2, 0) is 0 Å². The molecule has 1 fully saturated rings. The fraction of sp³-hybridized carbons (Fsp3) is 0.700. The quantitative estimate of drug-likeness (QED) is 0.737. The van der Waals surface area contributed by atoms with Gasteiger partial charge in [0.1, 0.15) is 11.6 Å². The lowest BCUT2D eigenvalue weighted by Crippen LogP contribution is -2.12. The van der Waals surface area contributed by atoms with E-state index in [1.807, 2.05) is 6.92 Å². The first-order valence-corrected chi connectivity index (χ1v) is 5.24. The second-order valence-corrected chi connectivity index (χ2v) is 3.93. The highest BCUT2D eigenvalue weighted by molar-refractivity contribution is 5.17. The molecule has 0 aliphatic heterocycles. The minimum Gasteiger partial charge on any atom is -0.368 e. The molecule has 0 bridgehead atoms. The standard InChI is InChI=1S/C10H16N4/c1-7-12-9(14-10(11)13-7)8-5-3-2-4-6-8/h8H,2-6H2,1H3,(H2,11,12,13,14). The molecule has 4 nitrogen and oxygen atoms in total. The van der Waals surface area contributed by atoms with Gasteiger partial charge >= 0.3 is 0 Å². The van der Waals surface area contributed by atoms with E-state index in [0.717, 1.165) is 11.6 Å². The number of anilines is 1. The van der Waals surface area contributed by atoms with Gasteiger partial charge in [-0.15, -0.1) is 0 Å². The van der Waals surface area contributed by atoms with Gasteiger partial charge in [0.05, 0.1) is 0 Å². The summed E-state index contributed by atoms with van der Waals surface area (Å²) in [5.41, 5.74) is 5.60. The molecule has 0 spiro atoms. The van der Waals surface area contributed by atoms with Crippen molar-refractivity contribution >= 4 is 5.95 Å². The summed E-state index contributed by atoms with van der Waals surface area (Å²) in [6, 6.07) is 0. The Labute approximate surface area is 84.0 Å². The summed E-state index contributed by atoms with van der Waals surface area (Å²) in [6.45, 7) is 1.87. The summed E-state index contributed by atoms with van der Waals surface area (Å²) < 4.78 is 0. The van der Waals surface area contributed by atoms with Crippen molar-refractivity contribution in [3.63, 3.8) is 0 Å². The highest BCUT2D eigenvalue weighted by Crippen LogP contribution is 2.30. The van der Waals surface area contributed by atoms with E-state index in [0.29, 0.717) is 11.9 Å². The molecular weight excluding hydrogens is 176 g/mol. The number of rotatable bonds is 1. The van der Waals surface area contributed by atoms with Crippen LogP contribution >= 0.6 is 0 Å². The highest BCUT2D eigenvalue weighted by Gasteiger charge is 2.18. The van der Waals surface area contributed by atoms with Crippen molar-refractivity contribution in [1.82, 2.24) is 15.0 Å². The van der Waals surface area contributed by atoms with E-state index >= 15 is 0 Å². The molecule has 2 rings (SSSR count). The van der Waals surface area contributed by atoms with E-state index < -0.39 is 0 Å². The third-order valence-electron chi connectivity index (χ3n) is 2.75. The molecule has 1 aliphatic carbocycles. The summed E-state index contributed by atoms with van der Waals surface area (Å²) in [5, 5.41) is 0. The Morgan fingerprint density at radius 3 is 2.43 bits per heavy atom. The Balaban J connectivity index is 2.21. The molecule has 0 unspecified atom stereocenters. The van der Waals surface area contributed by atoms with Crippen LogP contribution in [-0.4, -0.2) is 15.0 Å². The molecule has 0 amide bonds. The van der Waals surface area contributed by atoms with Gasteiger partial charge in [0, 0.05) is 5.92 Å². The summed E-state index contributed by atoms with van der Waals surface area (Å²) in [6.07, 6.45) is 6.31. The molecule has 1 aromatic heterocycles. The number of nitrogens with two attached hydrogens (primary N) is 1. The molecule has 0 atom stereocenters. The Morgan fingerprint density at radius 2 is 1.79 bits per heavy atom. The fourth-order valence-corrected chi connectivity index (χ4v) is 2.07. The number of aromatic nitrogens is 3. The van der Waals surface area contributed by atoms with Crippen LogP contribution in [0.15, 0.2) is 0 Å². The van der Waals surface area contributed by atoms with Gasteiger partial charge in [-0.1, -0.05) is 19.3 Å². The Morgan fingerprint density at radius 1 is 1.07 bits per heavy atom. The molecule has 1 aliphatic rings. The van der Waals surface area contributed by atoms with Gasteiger partial charge in [0.2, 0.25) is 5.95 Å². The Hall–Kier alpha value is -1.19. The minimum atomic E-state index is 0.359. The summed E-state index contributed by atoms with van der Waals surface area (Å²) in [7, 11) is 0. The van der Waals surface area contributed by atoms with E-state index in [-0.39, 0.29) is 0 Å². The van der Waals surface area contributed by atoms with Crippen molar-refractivity contribution in [1.29, 1.82) is 0 Å². The van der Waals surface area contributed by atoms with E-state index in [1.54, 1.807) is 0 Å². The van der Waals surface area contributed by atoms with Crippen molar-refractivity contribution in [3.05, 3.63) is 11.6 Å². The SMILES string of the molecule is Cc1nc(N)nc(C2CCCCC2)n1. The third-order valence-corrected chi connectivity index (χ3v) is 2.75. The maximum atomic E-state index is 5.60. The van der Waals surface area contributed by atoms with Crippen molar-refractivity contribution in [2.45, 2.75) is 44.9 Å². The van der Waals surface area contributed by atoms with Crippen LogP contribution < -0.4 is 5.73 Å². The van der Waals surface area contributed by atoms with Crippen LogP contribution in [0.4, 0.5) is 5.95 Å². The third kappa shape index (κ3) is 2.00. The zero-order valence-corrected chi connectivity index (χ0v) is 8.53. The van der Waals surface area contributed by atoms with Gasteiger partial charge in [-0.05, 0) is 19.8 Å². The molecule has 0 radical (unpaired) electrons. The Kier molecular flexibility index (Phi) is 2.61. The molecule has 76 valence electrons. The van der Waals surface area contributed by atoms with Crippen molar-refractivity contribution in [3.8, 4) is 0 Å². The van der Waals surface area contributed by atoms with Crippen LogP contribution in [0, 0.1) is 6.92 Å². The number of aryl methyl sites for hydroxylation is 1. The summed E-state index contributed by atoms with van der Waals surface area (Å²) in [4.78, 5) is 12.6. The molecule has 1 saturated carbocycles. The smallest absolute Gasteiger partial charge is 0.223 e. The number of hydrogen-bond acceptors (Lipinski definition) is 4. The van der Waals surface area contributed by atoms with E-state index in [2.05, 4.69) is 15.0 Å². The maximum Gasteiger partial charge on any atom is 0.223 e. The van der Waals surface area contributed by atoms with Crippen LogP contribution in [0.25, 0.3) is 0 Å². The predicted molar refractivity (Wildman–Crippen MR) is 54.8 cm³/mol. The van der Waals surface area contributed by atoms with E-state index in [9.17, 15) is 0 Å². The van der Waals surface area contributed by atoms with Crippen LogP contribution in [0.3, 0.4) is 0 Å². The fourth-order valence-electron chi connectivity index (χ4n) is 2.07. The number of nitrogen functional groups attached to an aromatic ring is 1. The van der Waals surface area contributed by atoms with Crippen molar-refractivity contribution in [2.75, 3.05) is 5.73 Å². The van der Waals surface area contributed by atoms with Crippen molar-refractivity contribution < 1.29 is 0 Å². The molecule has 0 aromatic carbocycles. The first-order valence-electron chi connectivity index (χ1n) is 5.24. The topological polar surface area (TPSA) is 64.7 Å². The largest absolute Gasteiger partial charge is 0.368 e. The molecule has 1 heterocycles. The maximum absolute atomic E-state index is 5.60.